The molecular formula is C20H19N3OS2. The Bertz CT molecular complexity index is 872. The van der Waals surface area contributed by atoms with Crippen LogP contribution >= 0.6 is 23.5 Å². The van der Waals surface area contributed by atoms with Crippen molar-refractivity contribution in [1.82, 2.24) is 9.97 Å². The zero-order chi connectivity index (χ0) is 18.2. The van der Waals surface area contributed by atoms with Crippen LogP contribution in [0.4, 0.5) is 5.69 Å². The molecular weight excluding hydrogens is 362 g/mol. The standard InChI is InChI=1S/C20H19N3OS2/c1-2-15-7-6-8-16(13-15)23-18(24)14-25-19-20(22-12-11-21-19)26-17-9-4-3-5-10-17/h3-13H,2,14H2,1H3,(H,23,24). The summed E-state index contributed by atoms with van der Waals surface area (Å²) in [7, 11) is 0. The molecule has 0 aliphatic carbocycles. The minimum atomic E-state index is -0.0513. The summed E-state index contributed by atoms with van der Waals surface area (Å²) in [6, 6.07) is 17.9. The van der Waals surface area contributed by atoms with Gasteiger partial charge in [0.2, 0.25) is 5.91 Å². The molecule has 0 radical (unpaired) electrons. The summed E-state index contributed by atoms with van der Waals surface area (Å²) < 4.78 is 0. The van der Waals surface area contributed by atoms with Gasteiger partial charge in [-0.2, -0.15) is 0 Å². The number of anilines is 1. The minimum Gasteiger partial charge on any atom is -0.325 e. The summed E-state index contributed by atoms with van der Waals surface area (Å²) in [4.78, 5) is 22.1. The molecule has 3 aromatic rings. The maximum absolute atomic E-state index is 12.3. The van der Waals surface area contributed by atoms with Crippen molar-refractivity contribution in [1.29, 1.82) is 0 Å². The maximum Gasteiger partial charge on any atom is 0.234 e. The van der Waals surface area contributed by atoms with Crippen LogP contribution in [-0.2, 0) is 11.2 Å². The smallest absolute Gasteiger partial charge is 0.234 e. The largest absolute Gasteiger partial charge is 0.325 e. The number of benzene rings is 2. The zero-order valence-electron chi connectivity index (χ0n) is 14.4. The summed E-state index contributed by atoms with van der Waals surface area (Å²) in [5.74, 6) is 0.238. The molecule has 2 aromatic carbocycles. The SMILES string of the molecule is CCc1cccc(NC(=O)CSc2nccnc2Sc2ccccc2)c1. The van der Waals surface area contributed by atoms with Crippen molar-refractivity contribution in [2.45, 2.75) is 28.3 Å². The quantitative estimate of drug-likeness (QED) is 0.589. The predicted octanol–water partition coefficient (Wildman–Crippen LogP) is 4.92. The van der Waals surface area contributed by atoms with E-state index in [4.69, 9.17) is 0 Å². The molecule has 0 saturated heterocycles. The molecule has 0 fully saturated rings. The fourth-order valence-electron chi connectivity index (χ4n) is 2.28. The first kappa shape index (κ1) is 18.5. The van der Waals surface area contributed by atoms with Gasteiger partial charge >= 0.3 is 0 Å². The highest BCUT2D eigenvalue weighted by molar-refractivity contribution is 8.02. The van der Waals surface area contributed by atoms with E-state index in [1.54, 1.807) is 24.2 Å². The third kappa shape index (κ3) is 5.34. The number of nitrogens with one attached hydrogen (secondary N) is 1. The fourth-order valence-corrected chi connectivity index (χ4v) is 4.01. The van der Waals surface area contributed by atoms with Crippen molar-refractivity contribution in [3.63, 3.8) is 0 Å². The van der Waals surface area contributed by atoms with Crippen LogP contribution in [0.25, 0.3) is 0 Å². The van der Waals surface area contributed by atoms with E-state index in [9.17, 15) is 4.79 Å². The van der Waals surface area contributed by atoms with Crippen LogP contribution in [0.2, 0.25) is 0 Å². The Morgan fingerprint density at radius 2 is 1.77 bits per heavy atom. The average molecular weight is 382 g/mol. The Labute approximate surface area is 161 Å². The summed E-state index contributed by atoms with van der Waals surface area (Å²) in [5.41, 5.74) is 2.03. The number of thioether (sulfide) groups is 1. The molecule has 1 aromatic heterocycles. The molecule has 0 aliphatic heterocycles. The molecule has 0 aliphatic rings. The van der Waals surface area contributed by atoms with Gasteiger partial charge in [-0.1, -0.05) is 60.8 Å². The molecule has 1 amide bonds. The molecule has 0 saturated carbocycles. The molecule has 1 heterocycles. The molecule has 3 rings (SSSR count). The van der Waals surface area contributed by atoms with Crippen LogP contribution in [-0.4, -0.2) is 21.6 Å². The van der Waals surface area contributed by atoms with E-state index in [-0.39, 0.29) is 11.7 Å². The number of hydrogen-bond donors (Lipinski definition) is 1. The number of rotatable bonds is 7. The molecule has 0 unspecified atom stereocenters. The highest BCUT2D eigenvalue weighted by Crippen LogP contribution is 2.32. The van der Waals surface area contributed by atoms with Gasteiger partial charge in [-0.15, -0.1) is 0 Å². The Kier molecular flexibility index (Phi) is 6.68. The van der Waals surface area contributed by atoms with Crippen molar-refractivity contribution < 1.29 is 4.79 Å². The van der Waals surface area contributed by atoms with E-state index in [2.05, 4.69) is 28.3 Å². The Hall–Kier alpha value is -2.31. The third-order valence-corrected chi connectivity index (χ3v) is 5.66. The van der Waals surface area contributed by atoms with E-state index in [0.29, 0.717) is 0 Å². The van der Waals surface area contributed by atoms with Crippen LogP contribution in [0.15, 0.2) is 81.9 Å². The highest BCUT2D eigenvalue weighted by Gasteiger charge is 2.11. The lowest BCUT2D eigenvalue weighted by molar-refractivity contribution is -0.113. The number of aromatic nitrogens is 2. The van der Waals surface area contributed by atoms with Crippen molar-refractivity contribution in [3.05, 3.63) is 72.6 Å². The lowest BCUT2D eigenvalue weighted by Gasteiger charge is -2.08. The maximum atomic E-state index is 12.3. The molecule has 6 heteroatoms. The van der Waals surface area contributed by atoms with E-state index >= 15 is 0 Å². The number of aryl methyl sites for hydroxylation is 1. The van der Waals surface area contributed by atoms with Gasteiger partial charge in [-0.25, -0.2) is 9.97 Å². The number of carbonyl (C=O) groups is 1. The van der Waals surface area contributed by atoms with Gasteiger partial charge < -0.3 is 5.32 Å². The molecule has 26 heavy (non-hydrogen) atoms. The summed E-state index contributed by atoms with van der Waals surface area (Å²) in [6.07, 6.45) is 4.27. The summed E-state index contributed by atoms with van der Waals surface area (Å²) in [5, 5.41) is 4.51. The predicted molar refractivity (Wildman–Crippen MR) is 108 cm³/mol. The second kappa shape index (κ2) is 9.40. The van der Waals surface area contributed by atoms with E-state index in [1.165, 1.54) is 17.3 Å². The van der Waals surface area contributed by atoms with Crippen molar-refractivity contribution in [3.8, 4) is 0 Å². The molecule has 0 atom stereocenters. The second-order valence-electron chi connectivity index (χ2n) is 5.47. The van der Waals surface area contributed by atoms with Crippen LogP contribution in [0.1, 0.15) is 12.5 Å². The average Bonchev–Trinajstić information content (AvgIpc) is 2.68. The van der Waals surface area contributed by atoms with E-state index in [0.717, 1.165) is 27.1 Å². The Morgan fingerprint density at radius 3 is 2.54 bits per heavy atom. The first-order chi connectivity index (χ1) is 12.7. The Morgan fingerprint density at radius 1 is 1.00 bits per heavy atom. The normalized spacial score (nSPS) is 10.5. The third-order valence-electron chi connectivity index (χ3n) is 3.55. The highest BCUT2D eigenvalue weighted by atomic mass is 32.2. The molecule has 4 nitrogen and oxygen atoms in total. The van der Waals surface area contributed by atoms with Gasteiger partial charge in [-0.05, 0) is 36.2 Å². The van der Waals surface area contributed by atoms with Gasteiger partial charge in [0, 0.05) is 23.0 Å². The van der Waals surface area contributed by atoms with Crippen molar-refractivity contribution in [2.24, 2.45) is 0 Å². The fraction of sp³-hybridized carbons (Fsp3) is 0.150. The Balaban J connectivity index is 1.61. The second-order valence-corrected chi connectivity index (χ2v) is 7.50. The van der Waals surface area contributed by atoms with Crippen molar-refractivity contribution in [2.75, 3.05) is 11.1 Å². The first-order valence-electron chi connectivity index (χ1n) is 8.30. The summed E-state index contributed by atoms with van der Waals surface area (Å²) in [6.45, 7) is 2.09. The van der Waals surface area contributed by atoms with Gasteiger partial charge in [0.15, 0.2) is 0 Å². The minimum absolute atomic E-state index is 0.0513. The van der Waals surface area contributed by atoms with Gasteiger partial charge in [0.1, 0.15) is 10.1 Å². The number of amides is 1. The van der Waals surface area contributed by atoms with Gasteiger partial charge in [-0.3, -0.25) is 4.79 Å². The van der Waals surface area contributed by atoms with Crippen molar-refractivity contribution >= 4 is 35.1 Å². The number of carbonyl (C=O) groups excluding carboxylic acids is 1. The first-order valence-corrected chi connectivity index (χ1v) is 10.1. The van der Waals surface area contributed by atoms with Gasteiger partial charge in [0.05, 0.1) is 5.75 Å². The molecule has 0 bridgehead atoms. The number of nitrogens with zero attached hydrogens (tertiary/aromatic N) is 2. The number of hydrogen-bond acceptors (Lipinski definition) is 5. The lowest BCUT2D eigenvalue weighted by Crippen LogP contribution is -2.14. The van der Waals surface area contributed by atoms with Crippen LogP contribution in [0.5, 0.6) is 0 Å². The lowest BCUT2D eigenvalue weighted by atomic mass is 10.1. The molecule has 132 valence electrons. The topological polar surface area (TPSA) is 54.9 Å². The van der Waals surface area contributed by atoms with Crippen LogP contribution in [0.3, 0.4) is 0 Å². The van der Waals surface area contributed by atoms with E-state index in [1.807, 2.05) is 48.5 Å². The van der Waals surface area contributed by atoms with Gasteiger partial charge in [0.25, 0.3) is 0 Å². The summed E-state index contributed by atoms with van der Waals surface area (Å²) >= 11 is 2.95. The zero-order valence-corrected chi connectivity index (χ0v) is 16.0. The van der Waals surface area contributed by atoms with E-state index < -0.39 is 0 Å². The molecule has 0 spiro atoms. The molecule has 1 N–H and O–H groups in total. The van der Waals surface area contributed by atoms with Crippen LogP contribution in [0, 0.1) is 0 Å². The van der Waals surface area contributed by atoms with Crippen LogP contribution < -0.4 is 5.32 Å². The monoisotopic (exact) mass is 381 g/mol.